The number of nitrogens with one attached hydrogen (secondary N) is 11. The van der Waals surface area contributed by atoms with Gasteiger partial charge in [0, 0.05) is 19.4 Å². The van der Waals surface area contributed by atoms with Gasteiger partial charge in [-0.15, -0.1) is 0 Å². The molecule has 1 aliphatic rings. The zero-order chi connectivity index (χ0) is 62.2. The molecule has 2 rings (SSSR count). The van der Waals surface area contributed by atoms with Gasteiger partial charge in [0.05, 0.1) is 18.3 Å². The Balaban J connectivity index is 2.67. The van der Waals surface area contributed by atoms with Crippen molar-refractivity contribution in [2.45, 2.75) is 190 Å². The predicted molar refractivity (Wildman–Crippen MR) is 304 cm³/mol. The second kappa shape index (κ2) is 38.8. The van der Waals surface area contributed by atoms with Crippen LogP contribution in [-0.2, 0) is 59.2 Å². The summed E-state index contributed by atoms with van der Waals surface area (Å²) in [4.78, 5) is 153. The number of benzene rings is 1. The average Bonchev–Trinajstić information content (AvgIpc) is 3.48. The van der Waals surface area contributed by atoms with Crippen LogP contribution < -0.4 is 87.2 Å². The van der Waals surface area contributed by atoms with E-state index in [1.165, 1.54) is 20.8 Å². The third-order valence-electron chi connectivity index (χ3n) is 13.4. The van der Waals surface area contributed by atoms with Crippen LogP contribution in [0, 0.1) is 0 Å². The van der Waals surface area contributed by atoms with Gasteiger partial charge in [-0.1, -0.05) is 62.9 Å². The molecule has 1 saturated heterocycles. The standard InChI is InChI=1S/C53H92N16O14/c1-5-6-7-8-12-15-40(73)60-33(16-22-54)48(78)68-42(30(3)71)52(82)65-36(19-25-57)45(75)63-38-21-27-59-51(81)41(29(2)70)67-49(79)37(20-26-58)62-44(74)35(18-24-56)64-53(83)43(31(4)72)69-50(80)39(28-32-13-10-9-11-14-32)66-46(76)34(17-23-55)61-47(38)77/h9-11,13-14,29-31,33-39,41-43,70-72H,5-8,12,15-28,54-58H2,1-4H3,(H,59,81)(H,60,73)(H,61,77)(H,62,74)(H,63,75)(H,64,83)(H,65,82)(H,66,76)(H,67,79)(H,68,78)(H,69,80)/t29-,30-,31-,33+,34+,35+,36+,37+,38+,39+,41+,42+,43+/m1/s1. The van der Waals surface area contributed by atoms with Crippen molar-refractivity contribution < 1.29 is 68.1 Å². The highest BCUT2D eigenvalue weighted by Gasteiger charge is 2.38. The zero-order valence-corrected chi connectivity index (χ0v) is 48.0. The van der Waals surface area contributed by atoms with E-state index in [4.69, 9.17) is 28.7 Å². The minimum absolute atomic E-state index is 0.0227. The summed E-state index contributed by atoms with van der Waals surface area (Å²) in [5.41, 5.74) is 29.7. The summed E-state index contributed by atoms with van der Waals surface area (Å²) in [7, 11) is 0. The zero-order valence-electron chi connectivity index (χ0n) is 48.0. The average molecular weight is 1180 g/mol. The first-order valence-corrected chi connectivity index (χ1v) is 28.4. The topological polar surface area (TPSA) is 511 Å². The summed E-state index contributed by atoms with van der Waals surface area (Å²) >= 11 is 0. The molecule has 0 spiro atoms. The van der Waals surface area contributed by atoms with Crippen LogP contribution in [0.5, 0.6) is 0 Å². The van der Waals surface area contributed by atoms with Crippen molar-refractivity contribution in [3.8, 4) is 0 Å². The third kappa shape index (κ3) is 25.6. The van der Waals surface area contributed by atoms with E-state index in [0.29, 0.717) is 12.0 Å². The third-order valence-corrected chi connectivity index (χ3v) is 13.4. The van der Waals surface area contributed by atoms with E-state index in [2.05, 4.69) is 65.4 Å². The van der Waals surface area contributed by atoms with Crippen LogP contribution in [-0.4, -0.2) is 198 Å². The number of rotatable bonds is 28. The molecule has 30 nitrogen and oxygen atoms in total. The minimum Gasteiger partial charge on any atom is -0.391 e. The first kappa shape index (κ1) is 72.2. The molecule has 11 amide bonds. The second-order valence-electron chi connectivity index (χ2n) is 20.5. The fraction of sp³-hybridized carbons (Fsp3) is 0.679. The van der Waals surface area contributed by atoms with Crippen molar-refractivity contribution in [1.29, 1.82) is 0 Å². The van der Waals surface area contributed by atoms with Crippen molar-refractivity contribution >= 4 is 65.0 Å². The fourth-order valence-electron chi connectivity index (χ4n) is 8.70. The summed E-state index contributed by atoms with van der Waals surface area (Å²) in [6.07, 6.45) is -2.00. The normalized spacial score (nSPS) is 23.1. The highest BCUT2D eigenvalue weighted by Crippen LogP contribution is 2.10. The van der Waals surface area contributed by atoms with Crippen LogP contribution in [0.1, 0.15) is 110 Å². The number of carbonyl (C=O) groups is 11. The number of carbonyl (C=O) groups excluding carboxylic acids is 11. The van der Waals surface area contributed by atoms with Crippen molar-refractivity contribution in [3.05, 3.63) is 35.9 Å². The van der Waals surface area contributed by atoms with E-state index < -0.39 is 157 Å². The number of amides is 11. The minimum atomic E-state index is -1.77. The van der Waals surface area contributed by atoms with Gasteiger partial charge in [-0.2, -0.15) is 0 Å². The number of aliphatic hydroxyl groups excluding tert-OH is 3. The highest BCUT2D eigenvalue weighted by atomic mass is 16.3. The van der Waals surface area contributed by atoms with Gasteiger partial charge in [-0.3, -0.25) is 52.7 Å². The molecule has 83 heavy (non-hydrogen) atoms. The van der Waals surface area contributed by atoms with Crippen molar-refractivity contribution in [3.63, 3.8) is 0 Å². The second-order valence-corrected chi connectivity index (χ2v) is 20.5. The van der Waals surface area contributed by atoms with Crippen LogP contribution in [0.3, 0.4) is 0 Å². The Hall–Kier alpha value is -6.93. The van der Waals surface area contributed by atoms with Gasteiger partial charge in [0.1, 0.15) is 60.4 Å². The first-order valence-electron chi connectivity index (χ1n) is 28.4. The lowest BCUT2D eigenvalue weighted by Crippen LogP contribution is -2.62. The monoisotopic (exact) mass is 1180 g/mol. The lowest BCUT2D eigenvalue weighted by molar-refractivity contribution is -0.137. The molecule has 30 heteroatoms. The molecule has 24 N–H and O–H groups in total. The summed E-state index contributed by atoms with van der Waals surface area (Å²) in [6.45, 7) is 4.26. The van der Waals surface area contributed by atoms with Crippen LogP contribution in [0.25, 0.3) is 0 Å². The first-order chi connectivity index (χ1) is 39.5. The number of hydrogen-bond acceptors (Lipinski definition) is 19. The van der Waals surface area contributed by atoms with Crippen LogP contribution in [0.4, 0.5) is 0 Å². The molecule has 13 atom stereocenters. The van der Waals surface area contributed by atoms with Crippen LogP contribution >= 0.6 is 0 Å². The van der Waals surface area contributed by atoms with Crippen molar-refractivity contribution in [2.24, 2.45) is 28.7 Å². The number of hydrogen-bond donors (Lipinski definition) is 19. The van der Waals surface area contributed by atoms with E-state index in [1.807, 2.05) is 0 Å². The van der Waals surface area contributed by atoms with Gasteiger partial charge >= 0.3 is 0 Å². The number of aliphatic hydroxyl groups is 3. The van der Waals surface area contributed by atoms with E-state index in [1.54, 1.807) is 30.3 Å². The highest BCUT2D eigenvalue weighted by molar-refractivity contribution is 5.99. The molecule has 1 aromatic carbocycles. The smallest absolute Gasteiger partial charge is 0.245 e. The molecule has 1 aliphatic heterocycles. The molecule has 0 saturated carbocycles. The van der Waals surface area contributed by atoms with Gasteiger partial charge in [0.15, 0.2) is 0 Å². The SMILES string of the molecule is CCCCCCCC(=O)N[C@@H](CCN)C(=O)N[C@H](C(=O)N[C@@H](CCN)C(=O)N[C@H]1CCNC(=O)[C@H]([C@@H](C)O)NC(=O)[C@H](CCN)NC(=O)[C@H](CCN)NC(=O)[C@H]([C@@H](C)O)NC(=O)[C@H](Cc2ccccc2)NC(=O)[C@H](CCN)NC1=O)[C@@H](C)O. The summed E-state index contributed by atoms with van der Waals surface area (Å²) in [5.74, 6) is -10.5. The Kier molecular flexibility index (Phi) is 33.7. The predicted octanol–water partition coefficient (Wildman–Crippen LogP) is -7.16. The van der Waals surface area contributed by atoms with Gasteiger partial charge in [-0.05, 0) is 104 Å². The molecule has 1 heterocycles. The molecule has 1 aromatic rings. The molecular weight excluding hydrogens is 1080 g/mol. The van der Waals surface area contributed by atoms with Gasteiger partial charge in [0.2, 0.25) is 65.0 Å². The molecule has 468 valence electrons. The van der Waals surface area contributed by atoms with Crippen molar-refractivity contribution in [2.75, 3.05) is 39.3 Å². The fourth-order valence-corrected chi connectivity index (χ4v) is 8.70. The number of nitrogens with two attached hydrogens (primary N) is 5. The largest absolute Gasteiger partial charge is 0.391 e. The van der Waals surface area contributed by atoms with E-state index in [-0.39, 0.29) is 77.7 Å². The lowest BCUT2D eigenvalue weighted by Gasteiger charge is -2.29. The van der Waals surface area contributed by atoms with E-state index in [0.717, 1.165) is 25.7 Å². The van der Waals surface area contributed by atoms with Crippen LogP contribution in [0.2, 0.25) is 0 Å². The quantitative estimate of drug-likeness (QED) is 0.0347. The Morgan fingerprint density at radius 1 is 0.542 bits per heavy atom. The Morgan fingerprint density at radius 2 is 1.01 bits per heavy atom. The van der Waals surface area contributed by atoms with Crippen LogP contribution in [0.15, 0.2) is 30.3 Å². The molecule has 0 radical (unpaired) electrons. The van der Waals surface area contributed by atoms with E-state index in [9.17, 15) is 68.1 Å². The van der Waals surface area contributed by atoms with Crippen molar-refractivity contribution in [1.82, 2.24) is 58.5 Å². The Bertz CT molecular complexity index is 2260. The van der Waals surface area contributed by atoms with E-state index >= 15 is 0 Å². The van der Waals surface area contributed by atoms with Gasteiger partial charge in [-0.25, -0.2) is 0 Å². The Morgan fingerprint density at radius 3 is 1.52 bits per heavy atom. The summed E-state index contributed by atoms with van der Waals surface area (Å²) < 4.78 is 0. The number of unbranched alkanes of at least 4 members (excludes halogenated alkanes) is 4. The molecular formula is C53H92N16O14. The van der Waals surface area contributed by atoms with Gasteiger partial charge < -0.3 is 102 Å². The Labute approximate surface area is 483 Å². The summed E-state index contributed by atoms with van der Waals surface area (Å²) in [5, 5.41) is 59.6. The molecule has 1 fully saturated rings. The maximum Gasteiger partial charge on any atom is 0.245 e. The lowest BCUT2D eigenvalue weighted by atomic mass is 10.0. The summed E-state index contributed by atoms with van der Waals surface area (Å²) in [6, 6.07) is -7.34. The van der Waals surface area contributed by atoms with Gasteiger partial charge in [0.25, 0.3) is 0 Å². The molecule has 0 bridgehead atoms. The molecule has 0 aliphatic carbocycles. The maximum absolute atomic E-state index is 14.5. The maximum atomic E-state index is 14.5. The molecule has 0 aromatic heterocycles. The molecule has 0 unspecified atom stereocenters.